The number of carbonyl (C=O) groups excluding carboxylic acids is 2. The van der Waals surface area contributed by atoms with Gasteiger partial charge in [-0.3, -0.25) is 9.48 Å². The number of amides is 2. The average Bonchev–Trinajstić information content (AvgIpc) is 3.62. The lowest BCUT2D eigenvalue weighted by Gasteiger charge is -2.34. The number of halogens is 3. The number of rotatable bonds is 8. The minimum atomic E-state index is -4.67. The van der Waals surface area contributed by atoms with Crippen LogP contribution in [0.5, 0.6) is 0 Å². The zero-order chi connectivity index (χ0) is 33.1. The molecule has 240 valence electrons. The third kappa shape index (κ3) is 7.75. The Morgan fingerprint density at radius 1 is 1.22 bits per heavy atom. The van der Waals surface area contributed by atoms with Crippen LogP contribution in [0.3, 0.4) is 0 Å². The highest BCUT2D eigenvalue weighted by molar-refractivity contribution is 7.12. The first-order chi connectivity index (χ1) is 21.2. The number of aromatic nitrogens is 2. The summed E-state index contributed by atoms with van der Waals surface area (Å²) in [5, 5.41) is 13.4. The molecule has 1 aliphatic rings. The molecule has 0 aliphatic carbocycles. The largest absolute Gasteiger partial charge is 0.444 e. The van der Waals surface area contributed by atoms with Gasteiger partial charge in [0.2, 0.25) is 5.91 Å². The maximum absolute atomic E-state index is 14.1. The predicted molar refractivity (Wildman–Crippen MR) is 163 cm³/mol. The second kappa shape index (κ2) is 13.5. The third-order valence-corrected chi connectivity index (χ3v) is 8.37. The molecule has 3 aromatic rings. The fraction of sp³-hybridized carbons (Fsp3) is 0.438. The molecule has 0 fully saturated rings. The van der Waals surface area contributed by atoms with Crippen molar-refractivity contribution in [3.8, 4) is 17.2 Å². The van der Waals surface area contributed by atoms with E-state index in [1.807, 2.05) is 0 Å². The predicted octanol–water partition coefficient (Wildman–Crippen LogP) is 6.43. The van der Waals surface area contributed by atoms with E-state index in [2.05, 4.69) is 11.2 Å². The number of alkyl halides is 3. The number of thiophene rings is 1. The fourth-order valence-corrected chi connectivity index (χ4v) is 6.21. The highest BCUT2D eigenvalue weighted by Gasteiger charge is 2.39. The summed E-state index contributed by atoms with van der Waals surface area (Å²) in [5.74, 6) is -0.866. The van der Waals surface area contributed by atoms with E-state index in [-0.39, 0.29) is 37.7 Å². The van der Waals surface area contributed by atoms with Crippen molar-refractivity contribution in [2.24, 2.45) is 0 Å². The molecule has 0 bridgehead atoms. The van der Waals surface area contributed by atoms with E-state index in [0.717, 1.165) is 10.4 Å². The Morgan fingerprint density at radius 2 is 1.93 bits per heavy atom. The number of hydrogen-bond acceptors (Lipinski definition) is 7. The Bertz CT molecular complexity index is 1620. The SMILES string of the molecule is CCn1cc(-c2ccccc2[C@@H]2CN(C(=O)/C=C/[C@H](COC)N(C)C(=O)OC(C)(C)C)Cc3sc(C#N)cc32)c(C(F)(F)F)n1. The minimum Gasteiger partial charge on any atom is -0.444 e. The number of nitrogens with zero attached hydrogens (tertiary/aromatic N) is 5. The lowest BCUT2D eigenvalue weighted by molar-refractivity contribution is -0.141. The summed E-state index contributed by atoms with van der Waals surface area (Å²) in [4.78, 5) is 30.4. The summed E-state index contributed by atoms with van der Waals surface area (Å²) in [7, 11) is 3.04. The zero-order valence-corrected chi connectivity index (χ0v) is 26.8. The summed E-state index contributed by atoms with van der Waals surface area (Å²) >= 11 is 1.25. The van der Waals surface area contributed by atoms with Gasteiger partial charge in [-0.1, -0.05) is 30.3 Å². The van der Waals surface area contributed by atoms with Gasteiger partial charge in [0.1, 0.15) is 16.5 Å². The van der Waals surface area contributed by atoms with Gasteiger partial charge in [0.25, 0.3) is 0 Å². The van der Waals surface area contributed by atoms with Gasteiger partial charge < -0.3 is 19.3 Å². The van der Waals surface area contributed by atoms with Crippen molar-refractivity contribution < 1.29 is 32.2 Å². The number of nitriles is 1. The molecule has 2 aromatic heterocycles. The zero-order valence-electron chi connectivity index (χ0n) is 26.0. The Balaban J connectivity index is 1.70. The number of fused-ring (bicyclic) bond motifs is 1. The average molecular weight is 644 g/mol. The van der Waals surface area contributed by atoms with E-state index >= 15 is 0 Å². The first-order valence-electron chi connectivity index (χ1n) is 14.3. The quantitative estimate of drug-likeness (QED) is 0.262. The Morgan fingerprint density at radius 3 is 2.56 bits per heavy atom. The molecule has 9 nitrogen and oxygen atoms in total. The van der Waals surface area contributed by atoms with Crippen LogP contribution in [0.25, 0.3) is 11.1 Å². The Kier molecular flexibility index (Phi) is 10.1. The molecule has 0 radical (unpaired) electrons. The van der Waals surface area contributed by atoms with Gasteiger partial charge in [-0.2, -0.15) is 23.5 Å². The van der Waals surface area contributed by atoms with Crippen molar-refractivity contribution in [1.82, 2.24) is 19.6 Å². The van der Waals surface area contributed by atoms with Gasteiger partial charge in [0.05, 0.1) is 19.2 Å². The molecule has 1 aliphatic heterocycles. The smallest absolute Gasteiger partial charge is 0.435 e. The number of likely N-dealkylation sites (N-methyl/N-ethyl adjacent to an activating group) is 1. The molecule has 2 amide bonds. The summed E-state index contributed by atoms with van der Waals surface area (Å²) in [6.45, 7) is 7.74. The van der Waals surface area contributed by atoms with Crippen molar-refractivity contribution in [2.75, 3.05) is 27.3 Å². The first-order valence-corrected chi connectivity index (χ1v) is 15.2. The Labute approximate surface area is 264 Å². The van der Waals surface area contributed by atoms with Crippen LogP contribution in [0, 0.1) is 11.3 Å². The summed E-state index contributed by atoms with van der Waals surface area (Å²) in [5.41, 5.74) is 0.00612. The van der Waals surface area contributed by atoms with Crippen LogP contribution in [0.2, 0.25) is 0 Å². The van der Waals surface area contributed by atoms with E-state index < -0.39 is 35.5 Å². The highest BCUT2D eigenvalue weighted by atomic mass is 32.1. The van der Waals surface area contributed by atoms with Gasteiger partial charge in [0.15, 0.2) is 5.69 Å². The van der Waals surface area contributed by atoms with Crippen molar-refractivity contribution >= 4 is 23.3 Å². The monoisotopic (exact) mass is 643 g/mol. The fourth-order valence-electron chi connectivity index (χ4n) is 5.18. The van der Waals surface area contributed by atoms with E-state index in [0.29, 0.717) is 16.0 Å². The maximum atomic E-state index is 14.1. The summed E-state index contributed by atoms with van der Waals surface area (Å²) in [6, 6.07) is 10.1. The van der Waals surface area contributed by atoms with Crippen molar-refractivity contribution in [2.45, 2.75) is 64.5 Å². The lowest BCUT2D eigenvalue weighted by Crippen LogP contribution is -2.42. The van der Waals surface area contributed by atoms with Crippen LogP contribution in [0.4, 0.5) is 18.0 Å². The van der Waals surface area contributed by atoms with Gasteiger partial charge in [-0.15, -0.1) is 11.3 Å². The molecular weight excluding hydrogens is 607 g/mol. The van der Waals surface area contributed by atoms with E-state index in [9.17, 15) is 28.0 Å². The summed E-state index contributed by atoms with van der Waals surface area (Å²) < 4.78 is 54.3. The standard InChI is InChI=1S/C32H36F3N5O4S/c1-7-40-17-26(29(37-40)32(33,34)35)23-11-9-8-10-22(23)25-16-39(18-27-24(25)14-21(15-36)45-27)28(41)13-12-20(19-43-6)38(5)30(42)44-31(2,3)4/h8-14,17,20,25H,7,16,18-19H2,1-6H3/b13-12+/t20-,25+/m1/s1. The molecule has 0 saturated carbocycles. The van der Waals surface area contributed by atoms with Crippen LogP contribution >= 0.6 is 11.3 Å². The summed E-state index contributed by atoms with van der Waals surface area (Å²) in [6.07, 6.45) is -0.923. The maximum Gasteiger partial charge on any atom is 0.435 e. The molecule has 13 heteroatoms. The molecule has 45 heavy (non-hydrogen) atoms. The topological polar surface area (TPSA) is 101 Å². The third-order valence-electron chi connectivity index (χ3n) is 7.33. The van der Waals surface area contributed by atoms with E-state index in [1.165, 1.54) is 40.3 Å². The number of methoxy groups -OCH3 is 1. The molecule has 2 atom stereocenters. The van der Waals surface area contributed by atoms with Gasteiger partial charge >= 0.3 is 12.3 Å². The molecule has 1 aromatic carbocycles. The van der Waals surface area contributed by atoms with Crippen LogP contribution in [-0.2, 0) is 33.5 Å². The highest BCUT2D eigenvalue weighted by Crippen LogP contribution is 2.44. The molecule has 0 spiro atoms. The van der Waals surface area contributed by atoms with Crippen LogP contribution < -0.4 is 0 Å². The second-order valence-electron chi connectivity index (χ2n) is 11.7. The molecule has 3 heterocycles. The Hall–Kier alpha value is -4.15. The van der Waals surface area contributed by atoms with Crippen LogP contribution in [-0.4, -0.2) is 70.5 Å². The second-order valence-corrected chi connectivity index (χ2v) is 12.8. The molecular formula is C32H36F3N5O4S. The van der Waals surface area contributed by atoms with Gasteiger partial charge in [-0.25, -0.2) is 4.79 Å². The van der Waals surface area contributed by atoms with Crippen molar-refractivity contribution in [1.29, 1.82) is 5.26 Å². The molecule has 4 rings (SSSR count). The number of hydrogen-bond donors (Lipinski definition) is 0. The number of benzene rings is 1. The number of aryl methyl sites for hydroxylation is 1. The normalized spacial score (nSPS) is 15.9. The molecule has 0 N–H and O–H groups in total. The minimum absolute atomic E-state index is 0.0480. The van der Waals surface area contributed by atoms with Gasteiger partial charge in [0, 0.05) is 55.9 Å². The number of ether oxygens (including phenoxy) is 2. The van der Waals surface area contributed by atoms with Crippen molar-refractivity contribution in [3.63, 3.8) is 0 Å². The van der Waals surface area contributed by atoms with Crippen LogP contribution in [0.15, 0.2) is 48.7 Å². The van der Waals surface area contributed by atoms with E-state index in [4.69, 9.17) is 9.47 Å². The molecule has 0 saturated heterocycles. The van der Waals surface area contributed by atoms with Crippen molar-refractivity contribution in [3.05, 3.63) is 75.3 Å². The van der Waals surface area contributed by atoms with Gasteiger partial charge in [-0.05, 0) is 50.5 Å². The molecule has 0 unspecified atom stereocenters. The first kappa shape index (κ1) is 33.7. The lowest BCUT2D eigenvalue weighted by atomic mass is 9.83. The number of carbonyl (C=O) groups is 2. The van der Waals surface area contributed by atoms with E-state index in [1.54, 1.807) is 76.1 Å². The van der Waals surface area contributed by atoms with Crippen LogP contribution in [0.1, 0.15) is 60.2 Å².